The molecule has 0 spiro atoms. The lowest BCUT2D eigenvalue weighted by Gasteiger charge is -2.36. The van der Waals surface area contributed by atoms with Crippen LogP contribution in [-0.4, -0.2) is 41.6 Å². The maximum absolute atomic E-state index is 12.1. The Labute approximate surface area is 120 Å². The Balaban J connectivity index is 2.86. The molecule has 5 nitrogen and oxygen atoms in total. The van der Waals surface area contributed by atoms with Crippen LogP contribution in [-0.2, 0) is 19.1 Å². The minimum atomic E-state index is -0.911. The van der Waals surface area contributed by atoms with Gasteiger partial charge in [-0.15, -0.1) is 0 Å². The summed E-state index contributed by atoms with van der Waals surface area (Å²) in [5, 5.41) is 0. The van der Waals surface area contributed by atoms with E-state index in [1.165, 1.54) is 0 Å². The fourth-order valence-corrected chi connectivity index (χ4v) is 1.70. The summed E-state index contributed by atoms with van der Waals surface area (Å²) in [4.78, 5) is 25.6. The van der Waals surface area contributed by atoms with Crippen molar-refractivity contribution in [3.63, 3.8) is 0 Å². The van der Waals surface area contributed by atoms with E-state index >= 15 is 0 Å². The summed E-state index contributed by atoms with van der Waals surface area (Å²) in [6.07, 6.45) is 4.51. The molecule has 0 unspecified atom stereocenters. The van der Waals surface area contributed by atoms with Crippen LogP contribution < -0.4 is 0 Å². The lowest BCUT2D eigenvalue weighted by molar-refractivity contribution is -0.156. The lowest BCUT2D eigenvalue weighted by atomic mass is 9.95. The van der Waals surface area contributed by atoms with Crippen LogP contribution in [0.2, 0.25) is 0 Å². The van der Waals surface area contributed by atoms with Crippen molar-refractivity contribution in [3.05, 3.63) is 23.9 Å². The molecule has 0 aromatic heterocycles. The number of carbonyl (C=O) groups excluding carboxylic acids is 2. The maximum Gasteiger partial charge on any atom is 0.339 e. The molecular weight excluding hydrogens is 258 g/mol. The topological polar surface area (TPSA) is 55.8 Å². The predicted octanol–water partition coefficient (Wildman–Crippen LogP) is 2.03. The van der Waals surface area contributed by atoms with Gasteiger partial charge in [-0.05, 0) is 46.8 Å². The smallest absolute Gasteiger partial charge is 0.339 e. The summed E-state index contributed by atoms with van der Waals surface area (Å²) < 4.78 is 10.4. The monoisotopic (exact) mass is 281 g/mol. The number of nitrogens with zero attached hydrogens (tertiary/aromatic N) is 1. The van der Waals surface area contributed by atoms with E-state index < -0.39 is 11.5 Å². The molecule has 1 aliphatic rings. The molecule has 1 heterocycles. The van der Waals surface area contributed by atoms with E-state index in [9.17, 15) is 9.59 Å². The Morgan fingerprint density at radius 2 is 1.70 bits per heavy atom. The maximum atomic E-state index is 12.1. The average Bonchev–Trinajstić information content (AvgIpc) is 2.30. The summed E-state index contributed by atoms with van der Waals surface area (Å²) >= 11 is 0. The predicted molar refractivity (Wildman–Crippen MR) is 75.8 cm³/mol. The van der Waals surface area contributed by atoms with Gasteiger partial charge in [-0.3, -0.25) is 0 Å². The molecule has 112 valence electrons. The van der Waals surface area contributed by atoms with Gasteiger partial charge in [0.05, 0.1) is 17.8 Å². The first kappa shape index (κ1) is 16.3. The van der Waals surface area contributed by atoms with Crippen LogP contribution in [0.3, 0.4) is 0 Å². The van der Waals surface area contributed by atoms with Crippen molar-refractivity contribution >= 4 is 11.9 Å². The van der Waals surface area contributed by atoms with E-state index in [4.69, 9.17) is 9.47 Å². The van der Waals surface area contributed by atoms with Gasteiger partial charge in [0.2, 0.25) is 0 Å². The molecule has 0 aromatic carbocycles. The van der Waals surface area contributed by atoms with Crippen LogP contribution in [0.25, 0.3) is 0 Å². The molecule has 0 amide bonds. The fourth-order valence-electron chi connectivity index (χ4n) is 1.70. The van der Waals surface area contributed by atoms with Gasteiger partial charge < -0.3 is 14.4 Å². The zero-order valence-electron chi connectivity index (χ0n) is 13.0. The summed E-state index contributed by atoms with van der Waals surface area (Å²) in [5.74, 6) is -0.749. The second-order valence-electron chi connectivity index (χ2n) is 5.58. The SMILES string of the molecule is CC(C)OC(=O)C1=CN(C)[C@@](C)(C(=O)OC(C)C)C=C1. The number of hydrogen-bond acceptors (Lipinski definition) is 5. The normalized spacial score (nSPS) is 22.0. The van der Waals surface area contributed by atoms with Crippen molar-refractivity contribution in [2.75, 3.05) is 7.05 Å². The molecule has 1 atom stereocenters. The van der Waals surface area contributed by atoms with Crippen molar-refractivity contribution < 1.29 is 19.1 Å². The molecule has 0 saturated heterocycles. The molecule has 0 radical (unpaired) electrons. The highest BCUT2D eigenvalue weighted by Crippen LogP contribution is 2.25. The van der Waals surface area contributed by atoms with Crippen molar-refractivity contribution in [2.24, 2.45) is 0 Å². The molecule has 5 heteroatoms. The molecule has 0 fully saturated rings. The largest absolute Gasteiger partial charge is 0.461 e. The third-order valence-electron chi connectivity index (χ3n) is 2.99. The second kappa shape index (κ2) is 6.11. The van der Waals surface area contributed by atoms with Gasteiger partial charge in [0.25, 0.3) is 0 Å². The number of ether oxygens (including phenoxy) is 2. The first-order chi connectivity index (χ1) is 9.16. The molecule has 0 aromatic rings. The van der Waals surface area contributed by atoms with Crippen LogP contribution in [0.1, 0.15) is 34.6 Å². The lowest BCUT2D eigenvalue weighted by Crippen LogP contribution is -2.49. The quantitative estimate of drug-likeness (QED) is 0.738. The average molecular weight is 281 g/mol. The first-order valence-corrected chi connectivity index (χ1v) is 6.73. The van der Waals surface area contributed by atoms with Gasteiger partial charge in [0, 0.05) is 13.2 Å². The van der Waals surface area contributed by atoms with E-state index in [-0.39, 0.29) is 18.2 Å². The van der Waals surface area contributed by atoms with Gasteiger partial charge in [-0.1, -0.05) is 0 Å². The number of hydrogen-bond donors (Lipinski definition) is 0. The zero-order chi connectivity index (χ0) is 15.5. The standard InChI is InChI=1S/C15H23NO4/c1-10(2)19-13(17)12-7-8-15(5,16(6)9-12)14(18)20-11(3)4/h7-11H,1-6H3/t15-/m1/s1. The van der Waals surface area contributed by atoms with E-state index in [0.29, 0.717) is 5.57 Å². The fraction of sp³-hybridized carbons (Fsp3) is 0.600. The van der Waals surface area contributed by atoms with Gasteiger partial charge in [0.15, 0.2) is 5.54 Å². The summed E-state index contributed by atoms with van der Waals surface area (Å²) in [7, 11) is 1.73. The highest BCUT2D eigenvalue weighted by atomic mass is 16.5. The summed E-state index contributed by atoms with van der Waals surface area (Å²) in [6.45, 7) is 8.93. The van der Waals surface area contributed by atoms with Crippen molar-refractivity contribution in [2.45, 2.75) is 52.4 Å². The highest BCUT2D eigenvalue weighted by Gasteiger charge is 2.38. The third kappa shape index (κ3) is 3.62. The Morgan fingerprint density at radius 1 is 1.15 bits per heavy atom. The van der Waals surface area contributed by atoms with Crippen molar-refractivity contribution in [3.8, 4) is 0 Å². The molecule has 0 N–H and O–H groups in total. The van der Waals surface area contributed by atoms with Gasteiger partial charge >= 0.3 is 11.9 Å². The van der Waals surface area contributed by atoms with Crippen LogP contribution in [0.5, 0.6) is 0 Å². The summed E-state index contributed by atoms with van der Waals surface area (Å²) in [5.41, 5.74) is -0.498. The van der Waals surface area contributed by atoms with Crippen LogP contribution >= 0.6 is 0 Å². The van der Waals surface area contributed by atoms with Gasteiger partial charge in [0.1, 0.15) is 0 Å². The molecule has 20 heavy (non-hydrogen) atoms. The van der Waals surface area contributed by atoms with E-state index in [0.717, 1.165) is 0 Å². The number of likely N-dealkylation sites (N-methyl/N-ethyl adjacent to an activating group) is 1. The molecular formula is C15H23NO4. The summed E-state index contributed by atoms with van der Waals surface area (Å²) in [6, 6.07) is 0. The first-order valence-electron chi connectivity index (χ1n) is 6.73. The van der Waals surface area contributed by atoms with Crippen LogP contribution in [0.15, 0.2) is 23.9 Å². The minimum absolute atomic E-state index is 0.179. The molecule has 0 saturated carbocycles. The third-order valence-corrected chi connectivity index (χ3v) is 2.99. The number of esters is 2. The van der Waals surface area contributed by atoms with Gasteiger partial charge in [-0.2, -0.15) is 0 Å². The van der Waals surface area contributed by atoms with E-state index in [1.807, 2.05) is 0 Å². The number of carbonyl (C=O) groups is 2. The van der Waals surface area contributed by atoms with E-state index in [2.05, 4.69) is 0 Å². The molecule has 1 rings (SSSR count). The molecule has 0 bridgehead atoms. The molecule has 1 aliphatic heterocycles. The highest BCUT2D eigenvalue weighted by molar-refractivity contribution is 5.93. The Bertz CT molecular complexity index is 451. The van der Waals surface area contributed by atoms with Crippen molar-refractivity contribution in [1.82, 2.24) is 4.90 Å². The van der Waals surface area contributed by atoms with Crippen LogP contribution in [0.4, 0.5) is 0 Å². The Hall–Kier alpha value is -1.78. The Morgan fingerprint density at radius 3 is 2.15 bits per heavy atom. The zero-order valence-corrected chi connectivity index (χ0v) is 13.0. The van der Waals surface area contributed by atoms with Crippen LogP contribution in [0, 0.1) is 0 Å². The number of rotatable bonds is 4. The van der Waals surface area contributed by atoms with Crippen molar-refractivity contribution in [1.29, 1.82) is 0 Å². The van der Waals surface area contributed by atoms with Gasteiger partial charge in [-0.25, -0.2) is 9.59 Å². The minimum Gasteiger partial charge on any atom is -0.461 e. The van der Waals surface area contributed by atoms with E-state index in [1.54, 1.807) is 64.9 Å². The second-order valence-corrected chi connectivity index (χ2v) is 5.58. The molecule has 0 aliphatic carbocycles. The Kier molecular flexibility index (Phi) is 4.98.